The van der Waals surface area contributed by atoms with Crippen molar-refractivity contribution >= 4 is 11.8 Å². The van der Waals surface area contributed by atoms with Crippen molar-refractivity contribution in [2.45, 2.75) is 60.5 Å². The molecule has 0 bridgehead atoms. The van der Waals surface area contributed by atoms with E-state index in [1.165, 1.54) is 0 Å². The van der Waals surface area contributed by atoms with Gasteiger partial charge in [-0.15, -0.1) is 5.10 Å². The third-order valence-electron chi connectivity index (χ3n) is 4.25. The maximum atomic E-state index is 11.8. The van der Waals surface area contributed by atoms with Gasteiger partial charge < -0.3 is 5.32 Å². The number of nitrogens with zero attached hydrogens (tertiary/aromatic N) is 3. The highest BCUT2D eigenvalue weighted by Gasteiger charge is 2.37. The summed E-state index contributed by atoms with van der Waals surface area (Å²) in [5.74, 6) is 0. The molecule has 2 aliphatic rings. The zero-order chi connectivity index (χ0) is 14.2. The molecule has 0 radical (unpaired) electrons. The van der Waals surface area contributed by atoms with Crippen LogP contribution in [0.15, 0.2) is 9.95 Å². The maximum Gasteiger partial charge on any atom is 0.344 e. The molecule has 20 heavy (non-hydrogen) atoms. The highest BCUT2D eigenvalue weighted by Crippen LogP contribution is 2.40. The van der Waals surface area contributed by atoms with Gasteiger partial charge in [0, 0.05) is 11.3 Å². The van der Waals surface area contributed by atoms with Crippen LogP contribution in [0.2, 0.25) is 0 Å². The van der Waals surface area contributed by atoms with Crippen molar-refractivity contribution < 1.29 is 0 Å². The summed E-state index contributed by atoms with van der Waals surface area (Å²) in [6, 6.07) is 2.75. The summed E-state index contributed by atoms with van der Waals surface area (Å²) in [4.78, 5) is 11.8. The number of nitrogens with one attached hydrogen (secondary N) is 2. The summed E-state index contributed by atoms with van der Waals surface area (Å²) in [7, 11) is 1.85. The average molecular weight is 293 g/mol. The lowest BCUT2D eigenvalue weighted by Crippen LogP contribution is -2.46. The Balaban J connectivity index is 1.75. The second kappa shape index (κ2) is 5.26. The lowest BCUT2D eigenvalue weighted by Gasteiger charge is -2.34. The second-order valence-corrected chi connectivity index (χ2v) is 6.96. The molecule has 2 unspecified atom stereocenters. The summed E-state index contributed by atoms with van der Waals surface area (Å²) in [5.41, 5.74) is -0.525. The predicted molar refractivity (Wildman–Crippen MR) is 76.6 cm³/mol. The van der Waals surface area contributed by atoms with Crippen molar-refractivity contribution in [2.75, 3.05) is 7.05 Å². The van der Waals surface area contributed by atoms with E-state index in [0.29, 0.717) is 11.3 Å². The van der Waals surface area contributed by atoms with Gasteiger partial charge in [0.25, 0.3) is 0 Å². The molecule has 0 amide bonds. The van der Waals surface area contributed by atoms with Crippen molar-refractivity contribution in [3.63, 3.8) is 0 Å². The lowest BCUT2D eigenvalue weighted by atomic mass is 9.83. The fourth-order valence-electron chi connectivity index (χ4n) is 2.89. The summed E-state index contributed by atoms with van der Waals surface area (Å²) in [6.45, 7) is 0. The van der Waals surface area contributed by atoms with E-state index < -0.39 is 5.54 Å². The number of hydrogen-bond acceptors (Lipinski definition) is 5. The molecule has 2 saturated carbocycles. The lowest BCUT2D eigenvalue weighted by molar-refractivity contribution is 0.323. The number of nitriles is 1. The van der Waals surface area contributed by atoms with Crippen LogP contribution in [0.25, 0.3) is 0 Å². The normalized spacial score (nSPS) is 30.1. The van der Waals surface area contributed by atoms with Crippen LogP contribution in [0.5, 0.6) is 0 Å². The van der Waals surface area contributed by atoms with Gasteiger partial charge in [0.05, 0.1) is 6.07 Å². The topological polar surface area (TPSA) is 86.5 Å². The number of rotatable bonds is 4. The van der Waals surface area contributed by atoms with E-state index in [9.17, 15) is 10.1 Å². The molecule has 1 aromatic heterocycles. The van der Waals surface area contributed by atoms with E-state index in [1.807, 2.05) is 7.05 Å². The van der Waals surface area contributed by atoms with Crippen LogP contribution in [-0.4, -0.2) is 32.6 Å². The predicted octanol–water partition coefficient (Wildman–Crippen LogP) is 1.42. The fourth-order valence-corrected chi connectivity index (χ4v) is 4.28. The smallest absolute Gasteiger partial charge is 0.302 e. The van der Waals surface area contributed by atoms with Gasteiger partial charge in [-0.25, -0.2) is 9.89 Å². The summed E-state index contributed by atoms with van der Waals surface area (Å²) in [6.07, 6.45) is 5.93. The van der Waals surface area contributed by atoms with E-state index in [1.54, 1.807) is 16.3 Å². The van der Waals surface area contributed by atoms with Crippen molar-refractivity contribution in [1.29, 1.82) is 5.26 Å². The zero-order valence-electron chi connectivity index (χ0n) is 11.6. The van der Waals surface area contributed by atoms with Gasteiger partial charge in [-0.2, -0.15) is 5.26 Å². The third kappa shape index (κ3) is 2.50. The minimum Gasteiger partial charge on any atom is -0.302 e. The molecular weight excluding hydrogens is 274 g/mol. The first-order chi connectivity index (χ1) is 9.67. The van der Waals surface area contributed by atoms with E-state index in [0.717, 1.165) is 43.7 Å². The molecule has 0 aliphatic heterocycles. The largest absolute Gasteiger partial charge is 0.344 e. The van der Waals surface area contributed by atoms with Gasteiger partial charge in [-0.1, -0.05) is 11.8 Å². The highest BCUT2D eigenvalue weighted by molar-refractivity contribution is 7.99. The molecule has 0 saturated heterocycles. The molecule has 1 heterocycles. The molecule has 2 aliphatic carbocycles. The molecule has 1 aromatic rings. The summed E-state index contributed by atoms with van der Waals surface area (Å²) in [5, 5.41) is 20.4. The molecule has 2 N–H and O–H groups in total. The Labute approximate surface area is 121 Å². The summed E-state index contributed by atoms with van der Waals surface area (Å²) < 4.78 is 1.78. The highest BCUT2D eigenvalue weighted by atomic mass is 32.2. The first-order valence-electron chi connectivity index (χ1n) is 7.11. The van der Waals surface area contributed by atoms with Crippen LogP contribution in [0, 0.1) is 11.3 Å². The van der Waals surface area contributed by atoms with Crippen LogP contribution in [0.1, 0.15) is 44.6 Å². The number of thioether (sulfide) groups is 1. The Hall–Kier alpha value is -1.26. The van der Waals surface area contributed by atoms with Crippen molar-refractivity contribution in [1.82, 2.24) is 20.1 Å². The Morgan fingerprint density at radius 2 is 2.35 bits per heavy atom. The van der Waals surface area contributed by atoms with Gasteiger partial charge in [-0.05, 0) is 45.6 Å². The van der Waals surface area contributed by atoms with Crippen LogP contribution in [0.4, 0.5) is 0 Å². The fraction of sp³-hybridized carbons (Fsp3) is 0.769. The van der Waals surface area contributed by atoms with Gasteiger partial charge in [0.2, 0.25) is 0 Å². The first kappa shape index (κ1) is 13.7. The Morgan fingerprint density at radius 3 is 3.00 bits per heavy atom. The Bertz CT molecular complexity index is 584. The minimum absolute atomic E-state index is 0.106. The minimum atomic E-state index is -0.420. The molecule has 2 atom stereocenters. The maximum absolute atomic E-state index is 11.8. The van der Waals surface area contributed by atoms with Crippen LogP contribution in [0.3, 0.4) is 0 Å². The molecule has 6 nitrogen and oxygen atoms in total. The van der Waals surface area contributed by atoms with E-state index in [4.69, 9.17) is 0 Å². The van der Waals surface area contributed by atoms with Crippen LogP contribution >= 0.6 is 11.8 Å². The average Bonchev–Trinajstić information content (AvgIpc) is 3.24. The van der Waals surface area contributed by atoms with Crippen molar-refractivity contribution in [3.05, 3.63) is 10.5 Å². The standard InChI is InChI=1S/C13H19N5OS/c1-15-13(8-14)6-2-3-10(7-13)20-12-17-16-11(19)18(12)9-4-5-9/h9-10,15H,2-7H2,1H3,(H,16,19). The van der Waals surface area contributed by atoms with E-state index in [-0.39, 0.29) is 5.69 Å². The van der Waals surface area contributed by atoms with E-state index in [2.05, 4.69) is 21.6 Å². The SMILES string of the molecule is CNC1(C#N)CCCC(Sc2n[nH]c(=O)n2C2CC2)C1. The van der Waals surface area contributed by atoms with Gasteiger partial charge >= 0.3 is 5.69 Å². The van der Waals surface area contributed by atoms with Gasteiger partial charge in [-0.3, -0.25) is 4.57 Å². The van der Waals surface area contributed by atoms with Crippen molar-refractivity contribution in [3.8, 4) is 6.07 Å². The molecule has 0 aromatic carbocycles. The number of H-pyrrole nitrogens is 1. The van der Waals surface area contributed by atoms with Gasteiger partial charge in [0.1, 0.15) is 5.54 Å². The molecule has 108 valence electrons. The Morgan fingerprint density at radius 1 is 1.55 bits per heavy atom. The third-order valence-corrected chi connectivity index (χ3v) is 5.49. The molecule has 3 rings (SSSR count). The number of hydrogen-bond donors (Lipinski definition) is 2. The van der Waals surface area contributed by atoms with Gasteiger partial charge in [0.15, 0.2) is 5.16 Å². The quantitative estimate of drug-likeness (QED) is 0.877. The Kier molecular flexibility index (Phi) is 3.61. The molecule has 7 heteroatoms. The zero-order valence-corrected chi connectivity index (χ0v) is 12.4. The number of aromatic nitrogens is 3. The summed E-state index contributed by atoms with van der Waals surface area (Å²) >= 11 is 1.64. The van der Waals surface area contributed by atoms with Crippen LogP contribution in [-0.2, 0) is 0 Å². The monoisotopic (exact) mass is 293 g/mol. The molecule has 0 spiro atoms. The number of aromatic amines is 1. The van der Waals surface area contributed by atoms with Crippen molar-refractivity contribution in [2.24, 2.45) is 0 Å². The first-order valence-corrected chi connectivity index (χ1v) is 7.99. The molecule has 2 fully saturated rings. The van der Waals surface area contributed by atoms with Crippen LogP contribution < -0.4 is 11.0 Å². The molecular formula is C13H19N5OS. The second-order valence-electron chi connectivity index (χ2n) is 5.69. The van der Waals surface area contributed by atoms with E-state index >= 15 is 0 Å².